The van der Waals surface area contributed by atoms with Crippen LogP contribution in [0.3, 0.4) is 0 Å². The van der Waals surface area contributed by atoms with Crippen LogP contribution in [0.1, 0.15) is 27.0 Å². The van der Waals surface area contributed by atoms with E-state index in [9.17, 15) is 4.79 Å². The second-order valence-corrected chi connectivity index (χ2v) is 7.33. The maximum Gasteiger partial charge on any atom is 0.272 e. The number of pyridine rings is 1. The van der Waals surface area contributed by atoms with Crippen LogP contribution in [-0.4, -0.2) is 24.2 Å². The van der Waals surface area contributed by atoms with Gasteiger partial charge < -0.3 is 4.74 Å². The molecule has 0 unspecified atom stereocenters. The Morgan fingerprint density at radius 3 is 2.61 bits per heavy atom. The number of rotatable bonds is 5. The number of aromatic nitrogens is 1. The maximum atomic E-state index is 13.1. The van der Waals surface area contributed by atoms with Gasteiger partial charge in [-0.1, -0.05) is 48.0 Å². The van der Waals surface area contributed by atoms with Crippen LogP contribution in [0.2, 0.25) is 0 Å². The Morgan fingerprint density at radius 2 is 1.77 bits per heavy atom. The summed E-state index contributed by atoms with van der Waals surface area (Å²) < 4.78 is 5.32. The summed E-state index contributed by atoms with van der Waals surface area (Å²) in [5.74, 6) is 0.392. The molecule has 3 aromatic carbocycles. The van der Waals surface area contributed by atoms with Gasteiger partial charge in [-0.2, -0.15) is 5.10 Å². The van der Waals surface area contributed by atoms with E-state index in [2.05, 4.69) is 28.7 Å². The minimum absolute atomic E-state index is 0.295. The lowest BCUT2D eigenvalue weighted by Crippen LogP contribution is -2.18. The van der Waals surface area contributed by atoms with Crippen molar-refractivity contribution in [3.05, 3.63) is 95.1 Å². The van der Waals surface area contributed by atoms with Crippen molar-refractivity contribution in [3.8, 4) is 17.0 Å². The molecule has 5 nitrogen and oxygen atoms in total. The molecule has 0 spiro atoms. The molecular formula is C26H23N3O2. The van der Waals surface area contributed by atoms with E-state index in [0.29, 0.717) is 11.3 Å². The van der Waals surface area contributed by atoms with Crippen LogP contribution in [0.25, 0.3) is 22.2 Å². The third-order valence-electron chi connectivity index (χ3n) is 5.14. The average molecular weight is 409 g/mol. The zero-order valence-electron chi connectivity index (χ0n) is 17.7. The molecule has 0 aliphatic heterocycles. The van der Waals surface area contributed by atoms with Crippen molar-refractivity contribution in [2.75, 3.05) is 7.11 Å². The van der Waals surface area contributed by atoms with Gasteiger partial charge in [-0.15, -0.1) is 0 Å². The number of nitrogens with one attached hydrogen (secondary N) is 1. The molecule has 154 valence electrons. The monoisotopic (exact) mass is 409 g/mol. The molecule has 1 aromatic heterocycles. The lowest BCUT2D eigenvalue weighted by molar-refractivity contribution is 0.0956. The summed E-state index contributed by atoms with van der Waals surface area (Å²) in [7, 11) is 1.60. The van der Waals surface area contributed by atoms with Gasteiger partial charge in [0.15, 0.2) is 0 Å². The lowest BCUT2D eigenvalue weighted by atomic mass is 9.99. The summed E-state index contributed by atoms with van der Waals surface area (Å²) in [4.78, 5) is 17.9. The fourth-order valence-electron chi connectivity index (χ4n) is 3.51. The first-order valence-electron chi connectivity index (χ1n) is 10.0. The van der Waals surface area contributed by atoms with E-state index < -0.39 is 0 Å². The Balaban J connectivity index is 1.71. The van der Waals surface area contributed by atoms with Crippen molar-refractivity contribution >= 4 is 23.0 Å². The average Bonchev–Trinajstić information content (AvgIpc) is 2.80. The van der Waals surface area contributed by atoms with Crippen molar-refractivity contribution in [3.63, 3.8) is 0 Å². The molecule has 0 atom stereocenters. The van der Waals surface area contributed by atoms with Crippen molar-refractivity contribution in [2.24, 2.45) is 5.10 Å². The highest BCUT2D eigenvalue weighted by Crippen LogP contribution is 2.28. The molecule has 0 saturated carbocycles. The second-order valence-electron chi connectivity index (χ2n) is 7.33. The molecule has 1 amide bonds. The number of benzene rings is 3. The van der Waals surface area contributed by atoms with Gasteiger partial charge >= 0.3 is 0 Å². The van der Waals surface area contributed by atoms with E-state index in [4.69, 9.17) is 9.72 Å². The number of para-hydroxylation sites is 2. The van der Waals surface area contributed by atoms with Crippen molar-refractivity contribution in [2.45, 2.75) is 13.8 Å². The highest BCUT2D eigenvalue weighted by molar-refractivity contribution is 6.07. The molecule has 0 radical (unpaired) electrons. The molecule has 4 rings (SSSR count). The van der Waals surface area contributed by atoms with Gasteiger partial charge in [0.05, 0.1) is 30.1 Å². The number of methoxy groups -OCH3 is 1. The molecule has 0 bridgehead atoms. The molecule has 0 fully saturated rings. The van der Waals surface area contributed by atoms with Crippen LogP contribution in [0, 0.1) is 13.8 Å². The molecule has 4 aromatic rings. The van der Waals surface area contributed by atoms with Crippen molar-refractivity contribution in [1.82, 2.24) is 10.4 Å². The number of carbonyl (C=O) groups excluding carboxylic acids is 1. The minimum Gasteiger partial charge on any atom is -0.496 e. The predicted octanol–water partition coefficient (Wildman–Crippen LogP) is 5.29. The zero-order valence-corrected chi connectivity index (χ0v) is 17.7. The SMILES string of the molecule is COc1ccccc1/C=N\NC(=O)c1cc(-c2cc(C)ccc2C)nc2ccccc12. The first kappa shape index (κ1) is 20.3. The first-order chi connectivity index (χ1) is 15.1. The highest BCUT2D eigenvalue weighted by Gasteiger charge is 2.14. The molecule has 0 aliphatic rings. The van der Waals surface area contributed by atoms with E-state index in [1.165, 1.54) is 0 Å². The Morgan fingerprint density at radius 1 is 1.00 bits per heavy atom. The lowest BCUT2D eigenvalue weighted by Gasteiger charge is -2.11. The Hall–Kier alpha value is -3.99. The van der Waals surface area contributed by atoms with Crippen LogP contribution >= 0.6 is 0 Å². The Kier molecular flexibility index (Phi) is 5.76. The summed E-state index contributed by atoms with van der Waals surface area (Å²) in [5.41, 5.74) is 8.73. The van der Waals surface area contributed by atoms with E-state index in [-0.39, 0.29) is 5.91 Å². The summed E-state index contributed by atoms with van der Waals surface area (Å²) in [6.45, 7) is 4.09. The minimum atomic E-state index is -0.295. The van der Waals surface area contributed by atoms with E-state index in [1.807, 2.05) is 68.4 Å². The molecule has 31 heavy (non-hydrogen) atoms. The van der Waals surface area contributed by atoms with Crippen molar-refractivity contribution in [1.29, 1.82) is 0 Å². The maximum absolute atomic E-state index is 13.1. The largest absolute Gasteiger partial charge is 0.496 e. The number of fused-ring (bicyclic) bond motifs is 1. The summed E-state index contributed by atoms with van der Waals surface area (Å²) in [6.07, 6.45) is 1.58. The third kappa shape index (κ3) is 4.31. The number of hydrogen-bond acceptors (Lipinski definition) is 4. The van der Waals surface area contributed by atoms with Gasteiger partial charge in [-0.3, -0.25) is 4.79 Å². The Bertz CT molecular complexity index is 1300. The molecule has 5 heteroatoms. The predicted molar refractivity (Wildman–Crippen MR) is 125 cm³/mol. The molecular weight excluding hydrogens is 386 g/mol. The number of ether oxygens (including phenoxy) is 1. The summed E-state index contributed by atoms with van der Waals surface area (Å²) >= 11 is 0. The van der Waals surface area contributed by atoms with Gasteiger partial charge in [0.25, 0.3) is 5.91 Å². The first-order valence-corrected chi connectivity index (χ1v) is 10.0. The standard InChI is InChI=1S/C26H23N3O2/c1-17-12-13-18(2)21(14-17)24-15-22(20-9-5-6-10-23(20)28-24)26(30)29-27-16-19-8-4-7-11-25(19)31-3/h4-16H,1-3H3,(H,29,30)/b27-16-. The molecule has 1 heterocycles. The molecule has 0 saturated heterocycles. The summed E-state index contributed by atoms with van der Waals surface area (Å²) in [6, 6.07) is 23.2. The molecule has 0 aliphatic carbocycles. The van der Waals surface area contributed by atoms with Crippen LogP contribution in [0.4, 0.5) is 0 Å². The van der Waals surface area contributed by atoms with Crippen LogP contribution in [-0.2, 0) is 0 Å². The fraction of sp³-hybridized carbons (Fsp3) is 0.115. The normalized spacial score (nSPS) is 11.1. The number of carbonyl (C=O) groups is 1. The highest BCUT2D eigenvalue weighted by atomic mass is 16.5. The Labute approximate surface area is 181 Å². The number of hydrazone groups is 1. The zero-order chi connectivity index (χ0) is 21.8. The van der Waals surface area contributed by atoms with Gasteiger partial charge in [0.2, 0.25) is 0 Å². The number of nitrogens with zero attached hydrogens (tertiary/aromatic N) is 2. The van der Waals surface area contributed by atoms with Crippen LogP contribution < -0.4 is 10.2 Å². The topological polar surface area (TPSA) is 63.6 Å². The van der Waals surface area contributed by atoms with Crippen molar-refractivity contribution < 1.29 is 9.53 Å². The quantitative estimate of drug-likeness (QED) is 0.360. The van der Waals surface area contributed by atoms with E-state index in [0.717, 1.165) is 38.9 Å². The number of hydrogen-bond donors (Lipinski definition) is 1. The van der Waals surface area contributed by atoms with E-state index in [1.54, 1.807) is 13.3 Å². The van der Waals surface area contributed by atoms with Gasteiger partial charge in [0, 0.05) is 16.5 Å². The van der Waals surface area contributed by atoms with Crippen LogP contribution in [0.5, 0.6) is 5.75 Å². The smallest absolute Gasteiger partial charge is 0.272 e. The fourth-order valence-corrected chi connectivity index (χ4v) is 3.51. The van der Waals surface area contributed by atoms with Gasteiger partial charge in [0.1, 0.15) is 5.75 Å². The second kappa shape index (κ2) is 8.79. The van der Waals surface area contributed by atoms with Gasteiger partial charge in [-0.05, 0) is 49.7 Å². The molecule has 1 N–H and O–H groups in total. The van der Waals surface area contributed by atoms with Gasteiger partial charge in [-0.25, -0.2) is 10.4 Å². The number of aryl methyl sites for hydroxylation is 2. The number of amides is 1. The third-order valence-corrected chi connectivity index (χ3v) is 5.14. The van der Waals surface area contributed by atoms with E-state index >= 15 is 0 Å². The van der Waals surface area contributed by atoms with Crippen LogP contribution in [0.15, 0.2) is 77.9 Å². The summed E-state index contributed by atoms with van der Waals surface area (Å²) in [5, 5.41) is 4.92.